The Morgan fingerprint density at radius 3 is 2.26 bits per heavy atom. The predicted octanol–water partition coefficient (Wildman–Crippen LogP) is 2.63. The molecule has 0 aliphatic carbocycles. The average molecular weight is 303 g/mol. The van der Waals surface area contributed by atoms with Gasteiger partial charge >= 0.3 is 0 Å². The average Bonchev–Trinajstić information content (AvgIpc) is 2.62. The minimum Gasteiger partial charge on any atom is -0.383 e. The number of amidine groups is 1. The molecule has 5 nitrogen and oxygen atoms in total. The van der Waals surface area contributed by atoms with E-state index in [1.165, 1.54) is 0 Å². The van der Waals surface area contributed by atoms with Crippen LogP contribution in [-0.2, 0) is 6.54 Å². The molecule has 4 N–H and O–H groups in total. The first-order valence-corrected chi connectivity index (χ1v) is 7.26. The maximum Gasteiger partial charge on any atom is 0.161 e. The quantitative estimate of drug-likeness (QED) is 0.572. The van der Waals surface area contributed by atoms with E-state index >= 15 is 0 Å². The van der Waals surface area contributed by atoms with Crippen LogP contribution < -0.4 is 11.5 Å². The van der Waals surface area contributed by atoms with Crippen molar-refractivity contribution in [3.05, 3.63) is 78.0 Å². The van der Waals surface area contributed by atoms with Gasteiger partial charge in [-0.3, -0.25) is 4.99 Å². The number of aromatic nitrogens is 2. The zero-order valence-electron chi connectivity index (χ0n) is 12.6. The molecule has 2 aromatic carbocycles. The van der Waals surface area contributed by atoms with Crippen LogP contribution >= 0.6 is 0 Å². The summed E-state index contributed by atoms with van der Waals surface area (Å²) < 4.78 is 0. The maximum absolute atomic E-state index is 6.02. The number of aliphatic imine (C=N–C) groups is 1. The minimum absolute atomic E-state index is 0.349. The van der Waals surface area contributed by atoms with Crippen LogP contribution in [0.25, 0.3) is 11.4 Å². The van der Waals surface area contributed by atoms with Gasteiger partial charge in [0.15, 0.2) is 5.82 Å². The third-order valence-corrected chi connectivity index (χ3v) is 3.42. The van der Waals surface area contributed by atoms with Gasteiger partial charge < -0.3 is 11.5 Å². The maximum atomic E-state index is 6.02. The molecule has 0 aliphatic rings. The molecule has 0 radical (unpaired) electrons. The molecule has 5 heteroatoms. The number of nitrogens with two attached hydrogens (primary N) is 2. The third-order valence-electron chi connectivity index (χ3n) is 3.42. The summed E-state index contributed by atoms with van der Waals surface area (Å²) in [6, 6.07) is 19.3. The van der Waals surface area contributed by atoms with Gasteiger partial charge in [0, 0.05) is 22.9 Å². The fourth-order valence-corrected chi connectivity index (χ4v) is 2.14. The summed E-state index contributed by atoms with van der Waals surface area (Å²) in [7, 11) is 0. The lowest BCUT2D eigenvalue weighted by Gasteiger charge is -2.06. The number of hydrogen-bond donors (Lipinski definition) is 2. The van der Waals surface area contributed by atoms with Crippen molar-refractivity contribution < 1.29 is 0 Å². The van der Waals surface area contributed by atoms with E-state index in [-0.39, 0.29) is 0 Å². The summed E-state index contributed by atoms with van der Waals surface area (Å²) >= 11 is 0. The van der Waals surface area contributed by atoms with Crippen LogP contribution in [0.3, 0.4) is 0 Å². The molecular formula is C18H17N5. The summed E-state index contributed by atoms with van der Waals surface area (Å²) in [6.45, 7) is 0.349. The van der Waals surface area contributed by atoms with Crippen LogP contribution in [0.4, 0.5) is 5.82 Å². The van der Waals surface area contributed by atoms with Crippen LogP contribution in [-0.4, -0.2) is 15.8 Å². The van der Waals surface area contributed by atoms with Gasteiger partial charge in [0.05, 0.1) is 6.54 Å². The highest BCUT2D eigenvalue weighted by molar-refractivity contribution is 5.97. The van der Waals surface area contributed by atoms with E-state index in [1.807, 2.05) is 60.7 Å². The number of nitrogen functional groups attached to an aromatic ring is 1. The number of anilines is 1. The molecule has 1 heterocycles. The number of nitrogens with zero attached hydrogens (tertiary/aromatic N) is 3. The Labute approximate surface area is 134 Å². The summed E-state index contributed by atoms with van der Waals surface area (Å²) in [5, 5.41) is 0. The molecular weight excluding hydrogens is 286 g/mol. The fraction of sp³-hybridized carbons (Fsp3) is 0.0556. The highest BCUT2D eigenvalue weighted by Gasteiger charge is 2.06. The Kier molecular flexibility index (Phi) is 4.29. The van der Waals surface area contributed by atoms with Crippen molar-refractivity contribution >= 4 is 11.7 Å². The molecule has 0 atom stereocenters. The van der Waals surface area contributed by atoms with Gasteiger partial charge in [-0.1, -0.05) is 60.7 Å². The van der Waals surface area contributed by atoms with Gasteiger partial charge in [0.1, 0.15) is 11.7 Å². The molecule has 0 amide bonds. The first kappa shape index (κ1) is 14.7. The monoisotopic (exact) mass is 303 g/mol. The molecule has 0 saturated carbocycles. The second kappa shape index (κ2) is 6.70. The third kappa shape index (κ3) is 3.52. The van der Waals surface area contributed by atoms with Crippen molar-refractivity contribution in [1.82, 2.24) is 9.97 Å². The molecule has 0 saturated heterocycles. The van der Waals surface area contributed by atoms with Crippen LogP contribution in [0.15, 0.2) is 71.9 Å². The van der Waals surface area contributed by atoms with E-state index in [1.54, 1.807) is 6.20 Å². The molecule has 3 aromatic rings. The van der Waals surface area contributed by atoms with Gasteiger partial charge in [-0.2, -0.15) is 0 Å². The Bertz CT molecular complexity index is 813. The predicted molar refractivity (Wildman–Crippen MR) is 92.8 cm³/mol. The van der Waals surface area contributed by atoms with Gasteiger partial charge in [-0.15, -0.1) is 0 Å². The van der Waals surface area contributed by atoms with Crippen molar-refractivity contribution in [1.29, 1.82) is 0 Å². The van der Waals surface area contributed by atoms with E-state index in [9.17, 15) is 0 Å². The fourth-order valence-electron chi connectivity index (χ4n) is 2.14. The molecule has 114 valence electrons. The zero-order chi connectivity index (χ0) is 16.1. The minimum atomic E-state index is 0.349. The van der Waals surface area contributed by atoms with E-state index in [0.29, 0.717) is 24.0 Å². The summed E-state index contributed by atoms with van der Waals surface area (Å²) in [6.07, 6.45) is 1.70. The molecule has 23 heavy (non-hydrogen) atoms. The van der Waals surface area contributed by atoms with Crippen molar-refractivity contribution in [2.45, 2.75) is 6.54 Å². The molecule has 0 fully saturated rings. The summed E-state index contributed by atoms with van der Waals surface area (Å²) in [4.78, 5) is 13.1. The van der Waals surface area contributed by atoms with E-state index < -0.39 is 0 Å². The lowest BCUT2D eigenvalue weighted by Crippen LogP contribution is -2.13. The lowest BCUT2D eigenvalue weighted by atomic mass is 10.2. The van der Waals surface area contributed by atoms with Crippen molar-refractivity contribution in [2.24, 2.45) is 10.7 Å². The van der Waals surface area contributed by atoms with Crippen molar-refractivity contribution in [3.63, 3.8) is 0 Å². The molecule has 1 aromatic heterocycles. The summed E-state index contributed by atoms with van der Waals surface area (Å²) in [5.74, 6) is 1.49. The first-order valence-electron chi connectivity index (χ1n) is 7.26. The standard InChI is InChI=1S/C18H17N5/c19-16(13-7-3-1-4-8-13)21-11-15-12-22-18(23-17(15)20)14-9-5-2-6-10-14/h1-10,12H,11H2,(H2,19,21)(H2,20,22,23). The van der Waals surface area contributed by atoms with Crippen LogP contribution in [0.1, 0.15) is 11.1 Å². The van der Waals surface area contributed by atoms with Crippen molar-refractivity contribution in [3.8, 4) is 11.4 Å². The zero-order valence-corrected chi connectivity index (χ0v) is 12.6. The molecule has 0 unspecified atom stereocenters. The Morgan fingerprint density at radius 2 is 1.61 bits per heavy atom. The van der Waals surface area contributed by atoms with Gasteiger partial charge in [-0.05, 0) is 0 Å². The first-order chi connectivity index (χ1) is 11.2. The number of benzene rings is 2. The lowest BCUT2D eigenvalue weighted by molar-refractivity contribution is 1.02. The molecule has 3 rings (SSSR count). The van der Waals surface area contributed by atoms with E-state index in [4.69, 9.17) is 11.5 Å². The SMILES string of the molecule is NC(=NCc1cnc(-c2ccccc2)nc1N)c1ccccc1. The highest BCUT2D eigenvalue weighted by atomic mass is 15.0. The van der Waals surface area contributed by atoms with E-state index in [2.05, 4.69) is 15.0 Å². The van der Waals surface area contributed by atoms with Crippen LogP contribution in [0.2, 0.25) is 0 Å². The second-order valence-electron chi connectivity index (χ2n) is 5.04. The molecule has 0 spiro atoms. The largest absolute Gasteiger partial charge is 0.383 e. The highest BCUT2D eigenvalue weighted by Crippen LogP contribution is 2.17. The Morgan fingerprint density at radius 1 is 0.957 bits per heavy atom. The Hall–Kier alpha value is -3.21. The number of hydrogen-bond acceptors (Lipinski definition) is 4. The number of rotatable bonds is 4. The Balaban J connectivity index is 1.79. The smallest absolute Gasteiger partial charge is 0.161 e. The van der Waals surface area contributed by atoms with Gasteiger partial charge in [0.2, 0.25) is 0 Å². The second-order valence-corrected chi connectivity index (χ2v) is 5.04. The molecule has 0 aliphatic heterocycles. The van der Waals surface area contributed by atoms with Gasteiger partial charge in [0.25, 0.3) is 0 Å². The summed E-state index contributed by atoms with van der Waals surface area (Å²) in [5.41, 5.74) is 14.6. The molecule has 0 bridgehead atoms. The van der Waals surface area contributed by atoms with E-state index in [0.717, 1.165) is 16.7 Å². The van der Waals surface area contributed by atoms with Crippen LogP contribution in [0, 0.1) is 0 Å². The van der Waals surface area contributed by atoms with Crippen LogP contribution in [0.5, 0.6) is 0 Å². The van der Waals surface area contributed by atoms with Gasteiger partial charge in [-0.25, -0.2) is 9.97 Å². The van der Waals surface area contributed by atoms with Crippen molar-refractivity contribution in [2.75, 3.05) is 5.73 Å². The topological polar surface area (TPSA) is 90.2 Å². The normalized spacial score (nSPS) is 11.4.